The molecule has 1 aliphatic heterocycles. The summed E-state index contributed by atoms with van der Waals surface area (Å²) in [6.45, 7) is 1.34. The lowest BCUT2D eigenvalue weighted by atomic mass is 10.1. The summed E-state index contributed by atoms with van der Waals surface area (Å²) in [6, 6.07) is 11.6. The second kappa shape index (κ2) is 7.38. The molecule has 2 aromatic carbocycles. The standard InChI is InChI=1S/C23H19FN6O2/c24-15-3-6-18-20(11-15)29(13-26-18)23-25-12-19-22(28-23)30(16-7-9-32-10-8-16)21(27-19)14-1-4-17(31)5-2-14/h1-6,11-13,16,31H,7-10H2. The van der Waals surface area contributed by atoms with Crippen LogP contribution in [0.3, 0.4) is 0 Å². The molecule has 3 aromatic heterocycles. The van der Waals surface area contributed by atoms with Gasteiger partial charge in [0.05, 0.1) is 17.2 Å². The lowest BCUT2D eigenvalue weighted by molar-refractivity contribution is 0.0708. The van der Waals surface area contributed by atoms with E-state index in [4.69, 9.17) is 14.7 Å². The maximum Gasteiger partial charge on any atom is 0.237 e. The topological polar surface area (TPSA) is 90.9 Å². The number of aromatic nitrogens is 6. The van der Waals surface area contributed by atoms with Crippen molar-refractivity contribution in [3.05, 3.63) is 60.8 Å². The van der Waals surface area contributed by atoms with Crippen LogP contribution >= 0.6 is 0 Å². The van der Waals surface area contributed by atoms with Gasteiger partial charge in [-0.3, -0.25) is 4.57 Å². The minimum Gasteiger partial charge on any atom is -0.508 e. The van der Waals surface area contributed by atoms with E-state index < -0.39 is 0 Å². The number of nitrogens with zero attached hydrogens (tertiary/aromatic N) is 6. The second-order valence-corrected chi connectivity index (χ2v) is 7.82. The third-order valence-electron chi connectivity index (χ3n) is 5.83. The Morgan fingerprint density at radius 3 is 2.59 bits per heavy atom. The molecule has 0 radical (unpaired) electrons. The van der Waals surface area contributed by atoms with Crippen molar-refractivity contribution in [2.24, 2.45) is 0 Å². The summed E-state index contributed by atoms with van der Waals surface area (Å²) in [4.78, 5) is 18.5. The first kappa shape index (κ1) is 18.9. The predicted molar refractivity (Wildman–Crippen MR) is 116 cm³/mol. The van der Waals surface area contributed by atoms with Gasteiger partial charge in [0, 0.05) is 30.9 Å². The zero-order valence-electron chi connectivity index (χ0n) is 17.0. The number of halogens is 1. The van der Waals surface area contributed by atoms with E-state index in [1.807, 2.05) is 12.1 Å². The Balaban J connectivity index is 1.56. The molecule has 0 aliphatic carbocycles. The number of hydrogen-bond acceptors (Lipinski definition) is 6. The Morgan fingerprint density at radius 2 is 1.78 bits per heavy atom. The van der Waals surface area contributed by atoms with Crippen molar-refractivity contribution in [1.29, 1.82) is 0 Å². The van der Waals surface area contributed by atoms with Gasteiger partial charge in [-0.05, 0) is 49.2 Å². The number of imidazole rings is 2. The van der Waals surface area contributed by atoms with E-state index in [0.717, 1.165) is 24.2 Å². The number of fused-ring (bicyclic) bond motifs is 2. The van der Waals surface area contributed by atoms with Gasteiger partial charge in [-0.15, -0.1) is 0 Å². The fourth-order valence-corrected chi connectivity index (χ4v) is 4.24. The molecular formula is C23H19FN6O2. The highest BCUT2D eigenvalue weighted by Crippen LogP contribution is 2.33. The molecule has 0 spiro atoms. The van der Waals surface area contributed by atoms with E-state index in [2.05, 4.69) is 14.5 Å². The third-order valence-corrected chi connectivity index (χ3v) is 5.83. The molecule has 0 atom stereocenters. The highest BCUT2D eigenvalue weighted by Gasteiger charge is 2.24. The summed E-state index contributed by atoms with van der Waals surface area (Å²) in [7, 11) is 0. The Kier molecular flexibility index (Phi) is 4.36. The number of benzene rings is 2. The lowest BCUT2D eigenvalue weighted by Crippen LogP contribution is -2.20. The van der Waals surface area contributed by atoms with Crippen LogP contribution in [0.1, 0.15) is 18.9 Å². The SMILES string of the molecule is Oc1ccc(-c2nc3cnc(-n4cnc5ccc(F)cc54)nc3n2C2CCOCC2)cc1. The van der Waals surface area contributed by atoms with Crippen LogP contribution in [0.15, 0.2) is 55.0 Å². The minimum atomic E-state index is -0.345. The zero-order valence-corrected chi connectivity index (χ0v) is 17.0. The molecule has 0 amide bonds. The summed E-state index contributed by atoms with van der Waals surface area (Å²) in [6.07, 6.45) is 4.97. The number of phenolic OH excluding ortho intramolecular Hbond substituents is 1. The fraction of sp³-hybridized carbons (Fsp3) is 0.217. The minimum absolute atomic E-state index is 0.164. The molecule has 6 rings (SSSR count). The number of rotatable bonds is 3. The van der Waals surface area contributed by atoms with Crippen LogP contribution < -0.4 is 0 Å². The molecule has 1 N–H and O–H groups in total. The van der Waals surface area contributed by atoms with Gasteiger partial charge in [-0.25, -0.2) is 19.3 Å². The van der Waals surface area contributed by atoms with Gasteiger partial charge in [-0.2, -0.15) is 4.98 Å². The molecule has 5 aromatic rings. The number of aromatic hydroxyl groups is 1. The maximum absolute atomic E-state index is 13.9. The average Bonchev–Trinajstić information content (AvgIpc) is 3.41. The molecule has 0 bridgehead atoms. The van der Waals surface area contributed by atoms with Gasteiger partial charge >= 0.3 is 0 Å². The van der Waals surface area contributed by atoms with Crippen molar-refractivity contribution in [3.8, 4) is 23.1 Å². The van der Waals surface area contributed by atoms with Crippen molar-refractivity contribution in [2.45, 2.75) is 18.9 Å². The van der Waals surface area contributed by atoms with Crippen molar-refractivity contribution in [2.75, 3.05) is 13.2 Å². The molecule has 9 heteroatoms. The second-order valence-electron chi connectivity index (χ2n) is 7.82. The lowest BCUT2D eigenvalue weighted by Gasteiger charge is -2.25. The number of hydrogen-bond donors (Lipinski definition) is 1. The highest BCUT2D eigenvalue weighted by molar-refractivity contribution is 5.79. The highest BCUT2D eigenvalue weighted by atomic mass is 19.1. The molecule has 32 heavy (non-hydrogen) atoms. The van der Waals surface area contributed by atoms with Crippen molar-refractivity contribution in [3.63, 3.8) is 0 Å². The summed E-state index contributed by atoms with van der Waals surface area (Å²) in [5.41, 5.74) is 3.50. The number of ether oxygens (including phenoxy) is 1. The van der Waals surface area contributed by atoms with E-state index in [-0.39, 0.29) is 17.6 Å². The van der Waals surface area contributed by atoms with Gasteiger partial charge in [0.15, 0.2) is 5.65 Å². The summed E-state index contributed by atoms with van der Waals surface area (Å²) in [5.74, 6) is 1.02. The van der Waals surface area contributed by atoms with Gasteiger partial charge in [-0.1, -0.05) is 0 Å². The van der Waals surface area contributed by atoms with Crippen molar-refractivity contribution >= 4 is 22.2 Å². The van der Waals surface area contributed by atoms with Crippen LogP contribution in [-0.2, 0) is 4.74 Å². The first-order valence-electron chi connectivity index (χ1n) is 10.4. The number of phenols is 1. The Morgan fingerprint density at radius 1 is 0.969 bits per heavy atom. The first-order chi connectivity index (χ1) is 15.7. The monoisotopic (exact) mass is 430 g/mol. The summed E-state index contributed by atoms with van der Waals surface area (Å²) in [5, 5.41) is 9.71. The van der Waals surface area contributed by atoms with E-state index in [1.165, 1.54) is 12.1 Å². The van der Waals surface area contributed by atoms with E-state index in [1.54, 1.807) is 35.3 Å². The third kappa shape index (κ3) is 3.09. The van der Waals surface area contributed by atoms with Crippen LogP contribution in [0.2, 0.25) is 0 Å². The molecule has 1 saturated heterocycles. The van der Waals surface area contributed by atoms with E-state index in [9.17, 15) is 9.50 Å². The van der Waals surface area contributed by atoms with E-state index in [0.29, 0.717) is 41.4 Å². The molecule has 0 saturated carbocycles. The Hall–Kier alpha value is -3.85. The van der Waals surface area contributed by atoms with Gasteiger partial charge < -0.3 is 14.4 Å². The molecule has 8 nitrogen and oxygen atoms in total. The quantitative estimate of drug-likeness (QED) is 0.465. The largest absolute Gasteiger partial charge is 0.508 e. The summed E-state index contributed by atoms with van der Waals surface area (Å²) < 4.78 is 23.2. The molecule has 0 unspecified atom stereocenters. The van der Waals surface area contributed by atoms with Gasteiger partial charge in [0.2, 0.25) is 5.95 Å². The maximum atomic E-state index is 13.9. The summed E-state index contributed by atoms with van der Waals surface area (Å²) >= 11 is 0. The fourth-order valence-electron chi connectivity index (χ4n) is 4.24. The Bertz CT molecular complexity index is 1440. The smallest absolute Gasteiger partial charge is 0.237 e. The molecular weight excluding hydrogens is 411 g/mol. The normalized spacial score (nSPS) is 15.0. The van der Waals surface area contributed by atoms with Crippen LogP contribution in [0, 0.1) is 5.82 Å². The van der Waals surface area contributed by atoms with E-state index >= 15 is 0 Å². The van der Waals surface area contributed by atoms with Crippen molar-refractivity contribution < 1.29 is 14.2 Å². The molecule has 1 aliphatic rings. The van der Waals surface area contributed by atoms with Crippen molar-refractivity contribution in [1.82, 2.24) is 29.1 Å². The van der Waals surface area contributed by atoms with Gasteiger partial charge in [0.1, 0.15) is 29.2 Å². The molecule has 1 fully saturated rings. The average molecular weight is 430 g/mol. The first-order valence-corrected chi connectivity index (χ1v) is 10.4. The van der Waals surface area contributed by atoms with Crippen LogP contribution in [0.5, 0.6) is 5.75 Å². The van der Waals surface area contributed by atoms with Gasteiger partial charge in [0.25, 0.3) is 0 Å². The molecule has 160 valence electrons. The Labute approximate surface area is 182 Å². The van der Waals surface area contributed by atoms with Crippen LogP contribution in [0.4, 0.5) is 4.39 Å². The molecule has 4 heterocycles. The van der Waals surface area contributed by atoms with Crippen LogP contribution in [0.25, 0.3) is 39.5 Å². The van der Waals surface area contributed by atoms with Crippen LogP contribution in [-0.4, -0.2) is 47.4 Å². The predicted octanol–water partition coefficient (Wildman–Crippen LogP) is 4.03. The zero-order chi connectivity index (χ0) is 21.7.